The van der Waals surface area contributed by atoms with Crippen molar-refractivity contribution in [3.05, 3.63) is 67.9 Å². The zero-order chi connectivity index (χ0) is 14.7. The van der Waals surface area contributed by atoms with E-state index in [-0.39, 0.29) is 11.9 Å². The lowest BCUT2D eigenvalue weighted by Crippen LogP contribution is -2.30. The van der Waals surface area contributed by atoms with E-state index < -0.39 is 0 Å². The molecule has 0 aliphatic rings. The summed E-state index contributed by atoms with van der Waals surface area (Å²) in [7, 11) is 0. The van der Waals surface area contributed by atoms with Crippen LogP contribution < -0.4 is 11.3 Å². The van der Waals surface area contributed by atoms with E-state index in [9.17, 15) is 4.39 Å². The standard InChI is InChI=1S/C15H15Br2FN2/c1-9-2-5-12(13(17)6-9)15(20-19)7-10-3-4-11(16)8-14(10)18/h2-6,8,15,20H,7,19H2,1H3. The van der Waals surface area contributed by atoms with Gasteiger partial charge in [0.2, 0.25) is 0 Å². The van der Waals surface area contributed by atoms with Gasteiger partial charge in [-0.15, -0.1) is 0 Å². The van der Waals surface area contributed by atoms with Crippen molar-refractivity contribution < 1.29 is 4.39 Å². The SMILES string of the molecule is Cc1ccc(C(Cc2ccc(Br)cc2F)NN)c(Br)c1. The molecule has 2 nitrogen and oxygen atoms in total. The minimum atomic E-state index is -0.233. The molecule has 0 bridgehead atoms. The van der Waals surface area contributed by atoms with E-state index in [2.05, 4.69) is 37.3 Å². The van der Waals surface area contributed by atoms with E-state index in [1.807, 2.05) is 31.2 Å². The third kappa shape index (κ3) is 3.67. The van der Waals surface area contributed by atoms with Crippen LogP contribution in [0.4, 0.5) is 4.39 Å². The Morgan fingerprint density at radius 1 is 1.20 bits per heavy atom. The Morgan fingerprint density at radius 2 is 1.95 bits per heavy atom. The molecule has 0 amide bonds. The first-order valence-electron chi connectivity index (χ1n) is 6.17. The molecule has 0 radical (unpaired) electrons. The van der Waals surface area contributed by atoms with Crippen LogP contribution >= 0.6 is 31.9 Å². The summed E-state index contributed by atoms with van der Waals surface area (Å²) >= 11 is 6.79. The molecule has 2 aromatic rings. The number of hydrazine groups is 1. The fourth-order valence-corrected chi connectivity index (χ4v) is 3.18. The largest absolute Gasteiger partial charge is 0.271 e. The number of nitrogens with one attached hydrogen (secondary N) is 1. The third-order valence-electron chi connectivity index (χ3n) is 3.17. The highest BCUT2D eigenvalue weighted by Gasteiger charge is 2.16. The molecular weight excluding hydrogens is 387 g/mol. The van der Waals surface area contributed by atoms with Gasteiger partial charge in [-0.3, -0.25) is 11.3 Å². The average Bonchev–Trinajstić information content (AvgIpc) is 2.39. The Bertz CT molecular complexity index is 617. The molecule has 20 heavy (non-hydrogen) atoms. The number of hydrogen-bond acceptors (Lipinski definition) is 2. The van der Waals surface area contributed by atoms with Crippen LogP contribution in [0.25, 0.3) is 0 Å². The highest BCUT2D eigenvalue weighted by molar-refractivity contribution is 9.10. The van der Waals surface area contributed by atoms with Crippen LogP contribution in [0, 0.1) is 12.7 Å². The second kappa shape index (κ2) is 6.80. The van der Waals surface area contributed by atoms with E-state index in [1.54, 1.807) is 6.07 Å². The average molecular weight is 402 g/mol. The Labute approximate surface area is 134 Å². The zero-order valence-corrected chi connectivity index (χ0v) is 14.1. The Hall–Kier alpha value is -0.750. The van der Waals surface area contributed by atoms with Crippen LogP contribution in [0.2, 0.25) is 0 Å². The minimum absolute atomic E-state index is 0.152. The molecule has 0 saturated heterocycles. The smallest absolute Gasteiger partial charge is 0.127 e. The molecule has 3 N–H and O–H groups in total. The van der Waals surface area contributed by atoms with Crippen LogP contribution in [0.3, 0.4) is 0 Å². The van der Waals surface area contributed by atoms with E-state index in [4.69, 9.17) is 5.84 Å². The van der Waals surface area contributed by atoms with Gasteiger partial charge in [0.05, 0.1) is 6.04 Å². The normalized spacial score (nSPS) is 12.4. The van der Waals surface area contributed by atoms with E-state index >= 15 is 0 Å². The molecule has 2 rings (SSSR count). The van der Waals surface area contributed by atoms with Crippen molar-refractivity contribution >= 4 is 31.9 Å². The Morgan fingerprint density at radius 3 is 2.55 bits per heavy atom. The van der Waals surface area contributed by atoms with Crippen molar-refractivity contribution in [2.75, 3.05) is 0 Å². The number of benzene rings is 2. The Kier molecular flexibility index (Phi) is 5.32. The van der Waals surface area contributed by atoms with Gasteiger partial charge < -0.3 is 0 Å². The minimum Gasteiger partial charge on any atom is -0.271 e. The van der Waals surface area contributed by atoms with E-state index in [1.165, 1.54) is 6.07 Å². The van der Waals surface area contributed by atoms with Gasteiger partial charge in [-0.05, 0) is 48.2 Å². The summed E-state index contributed by atoms with van der Waals surface area (Å²) in [5, 5.41) is 0. The van der Waals surface area contributed by atoms with Gasteiger partial charge in [0.1, 0.15) is 5.82 Å². The monoisotopic (exact) mass is 400 g/mol. The van der Waals surface area contributed by atoms with Gasteiger partial charge in [-0.25, -0.2) is 4.39 Å². The molecular formula is C15H15Br2FN2. The van der Waals surface area contributed by atoms with Crippen LogP contribution in [-0.4, -0.2) is 0 Å². The summed E-state index contributed by atoms with van der Waals surface area (Å²) in [6.45, 7) is 2.02. The van der Waals surface area contributed by atoms with Gasteiger partial charge >= 0.3 is 0 Å². The molecule has 0 saturated carbocycles. The second-order valence-electron chi connectivity index (χ2n) is 4.68. The first kappa shape index (κ1) is 15.6. The second-order valence-corrected chi connectivity index (χ2v) is 6.45. The number of rotatable bonds is 4. The van der Waals surface area contributed by atoms with Crippen molar-refractivity contribution in [3.63, 3.8) is 0 Å². The lowest BCUT2D eigenvalue weighted by Gasteiger charge is -2.19. The quantitative estimate of drug-likeness (QED) is 0.588. The number of aryl methyl sites for hydroxylation is 1. The van der Waals surface area contributed by atoms with Crippen LogP contribution in [0.5, 0.6) is 0 Å². The number of nitrogens with two attached hydrogens (primary N) is 1. The summed E-state index contributed by atoms with van der Waals surface area (Å²) in [5.74, 6) is 5.40. The molecule has 1 unspecified atom stereocenters. The first-order valence-corrected chi connectivity index (χ1v) is 7.76. The van der Waals surface area contributed by atoms with Crippen molar-refractivity contribution in [2.24, 2.45) is 5.84 Å². The maximum absolute atomic E-state index is 13.9. The predicted octanol–water partition coefficient (Wildman–Crippen LogP) is 4.41. The predicted molar refractivity (Wildman–Crippen MR) is 86.7 cm³/mol. The summed E-state index contributed by atoms with van der Waals surface area (Å²) < 4.78 is 15.6. The van der Waals surface area contributed by atoms with E-state index in [0.717, 1.165) is 20.1 Å². The molecule has 2 aromatic carbocycles. The third-order valence-corrected chi connectivity index (χ3v) is 4.35. The molecule has 106 valence electrons. The highest BCUT2D eigenvalue weighted by Crippen LogP contribution is 2.28. The zero-order valence-electron chi connectivity index (χ0n) is 11.0. The van der Waals surface area contributed by atoms with Crippen LogP contribution in [0.15, 0.2) is 45.3 Å². The van der Waals surface area contributed by atoms with Crippen molar-refractivity contribution in [1.29, 1.82) is 0 Å². The lowest BCUT2D eigenvalue weighted by atomic mass is 9.98. The van der Waals surface area contributed by atoms with Crippen molar-refractivity contribution in [1.82, 2.24) is 5.43 Å². The molecule has 0 fully saturated rings. The fourth-order valence-electron chi connectivity index (χ4n) is 2.08. The molecule has 0 heterocycles. The van der Waals surface area contributed by atoms with Crippen molar-refractivity contribution in [3.8, 4) is 0 Å². The van der Waals surface area contributed by atoms with Gasteiger partial charge in [-0.2, -0.15) is 0 Å². The molecule has 0 aliphatic carbocycles. The van der Waals surface area contributed by atoms with Gasteiger partial charge in [0.25, 0.3) is 0 Å². The molecule has 0 aliphatic heterocycles. The molecule has 1 atom stereocenters. The first-order chi connectivity index (χ1) is 9.51. The Balaban J connectivity index is 2.28. The summed E-state index contributed by atoms with van der Waals surface area (Å²) in [5.41, 5.74) is 5.56. The van der Waals surface area contributed by atoms with Gasteiger partial charge in [-0.1, -0.05) is 50.1 Å². The van der Waals surface area contributed by atoms with Crippen LogP contribution in [0.1, 0.15) is 22.7 Å². The summed E-state index contributed by atoms with van der Waals surface area (Å²) in [4.78, 5) is 0. The lowest BCUT2D eigenvalue weighted by molar-refractivity contribution is 0.527. The van der Waals surface area contributed by atoms with Gasteiger partial charge in [0.15, 0.2) is 0 Å². The summed E-state index contributed by atoms with van der Waals surface area (Å²) in [6.07, 6.45) is 0.483. The number of halogens is 3. The number of hydrogen-bond donors (Lipinski definition) is 2. The molecule has 0 aromatic heterocycles. The maximum Gasteiger partial charge on any atom is 0.127 e. The summed E-state index contributed by atoms with van der Waals surface area (Å²) in [6, 6.07) is 11.0. The topological polar surface area (TPSA) is 38.0 Å². The van der Waals surface area contributed by atoms with Crippen molar-refractivity contribution in [2.45, 2.75) is 19.4 Å². The highest BCUT2D eigenvalue weighted by atomic mass is 79.9. The fraction of sp³-hybridized carbons (Fsp3) is 0.200. The van der Waals surface area contributed by atoms with E-state index in [0.29, 0.717) is 12.0 Å². The molecule has 5 heteroatoms. The van der Waals surface area contributed by atoms with Crippen LogP contribution in [-0.2, 0) is 6.42 Å². The molecule has 0 spiro atoms. The van der Waals surface area contributed by atoms with Gasteiger partial charge in [0, 0.05) is 8.95 Å². The maximum atomic E-state index is 13.9.